The second kappa shape index (κ2) is 7.87. The number of anilines is 1. The number of fused-ring (bicyclic) bond motifs is 2. The van der Waals surface area contributed by atoms with Crippen molar-refractivity contribution >= 4 is 28.3 Å². The number of nitrogens with one attached hydrogen (secondary N) is 1. The fraction of sp³-hybridized carbons (Fsp3) is 0.409. The Morgan fingerprint density at radius 1 is 1.18 bits per heavy atom. The number of benzene rings is 1. The molecule has 0 radical (unpaired) electrons. The number of nitrogens with zero attached hydrogens (tertiary/aromatic N) is 1. The molecule has 0 aliphatic heterocycles. The lowest BCUT2D eigenvalue weighted by molar-refractivity contribution is -0.146. The van der Waals surface area contributed by atoms with Crippen LogP contribution in [0.15, 0.2) is 41.8 Å². The fourth-order valence-electron chi connectivity index (χ4n) is 4.39. The van der Waals surface area contributed by atoms with E-state index in [1.165, 1.54) is 29.7 Å². The van der Waals surface area contributed by atoms with Gasteiger partial charge in [-0.2, -0.15) is 0 Å². The van der Waals surface area contributed by atoms with E-state index in [-0.39, 0.29) is 17.7 Å². The number of thiazole rings is 1. The van der Waals surface area contributed by atoms with Crippen molar-refractivity contribution in [1.29, 1.82) is 0 Å². The third-order valence-corrected chi connectivity index (χ3v) is 6.61. The van der Waals surface area contributed by atoms with Crippen molar-refractivity contribution in [2.45, 2.75) is 32.6 Å². The molecule has 2 aliphatic carbocycles. The molecule has 2 N–H and O–H groups in total. The van der Waals surface area contributed by atoms with Gasteiger partial charge in [-0.25, -0.2) is 4.98 Å². The Labute approximate surface area is 168 Å². The van der Waals surface area contributed by atoms with Crippen molar-refractivity contribution in [3.05, 3.63) is 47.4 Å². The van der Waals surface area contributed by atoms with Crippen LogP contribution in [0.25, 0.3) is 11.3 Å². The number of aliphatic carboxylic acids is 1. The highest BCUT2D eigenvalue weighted by Crippen LogP contribution is 2.48. The Morgan fingerprint density at radius 3 is 2.57 bits per heavy atom. The van der Waals surface area contributed by atoms with Crippen LogP contribution in [0.2, 0.25) is 0 Å². The highest BCUT2D eigenvalue weighted by atomic mass is 32.1. The van der Waals surface area contributed by atoms with Gasteiger partial charge in [0.1, 0.15) is 0 Å². The number of carbonyl (C=O) groups is 2. The predicted octanol–water partition coefficient (Wildman–Crippen LogP) is 4.61. The molecular formula is C22H24N2O3S. The zero-order valence-corrected chi connectivity index (χ0v) is 16.6. The molecule has 1 amide bonds. The Balaban J connectivity index is 1.44. The molecule has 1 aromatic heterocycles. The number of carboxylic acid groups (broad SMARTS) is 1. The standard InChI is InChI=1S/C22H24N2O3S/c1-2-3-4-13-5-7-14(8-6-13)17-12-28-22(23-17)24-20(25)18-15-9-10-16(11-15)19(18)21(26)27/h5-10,12,15-16,18-19H,2-4,11H2,1H3,(H,26,27)(H,23,24,25). The van der Waals surface area contributed by atoms with Crippen LogP contribution in [0.5, 0.6) is 0 Å². The van der Waals surface area contributed by atoms with Crippen molar-refractivity contribution in [1.82, 2.24) is 4.98 Å². The van der Waals surface area contributed by atoms with E-state index >= 15 is 0 Å². The number of rotatable bonds is 7. The molecule has 146 valence electrons. The highest BCUT2D eigenvalue weighted by molar-refractivity contribution is 7.14. The van der Waals surface area contributed by atoms with Crippen molar-refractivity contribution in [3.63, 3.8) is 0 Å². The van der Waals surface area contributed by atoms with Crippen LogP contribution in [0.3, 0.4) is 0 Å². The summed E-state index contributed by atoms with van der Waals surface area (Å²) in [4.78, 5) is 28.9. The van der Waals surface area contributed by atoms with Gasteiger partial charge in [-0.15, -0.1) is 11.3 Å². The number of hydrogen-bond acceptors (Lipinski definition) is 4. The summed E-state index contributed by atoms with van der Waals surface area (Å²) in [5.74, 6) is -2.29. The van der Waals surface area contributed by atoms with Gasteiger partial charge in [0.2, 0.25) is 5.91 Å². The first kappa shape index (κ1) is 18.9. The highest BCUT2D eigenvalue weighted by Gasteiger charge is 2.51. The summed E-state index contributed by atoms with van der Waals surface area (Å²) in [6.07, 6.45) is 8.13. The molecule has 2 bridgehead atoms. The molecule has 1 heterocycles. The van der Waals surface area contributed by atoms with Crippen LogP contribution in [0.1, 0.15) is 31.7 Å². The number of hydrogen-bond donors (Lipinski definition) is 2. The molecule has 28 heavy (non-hydrogen) atoms. The van der Waals surface area contributed by atoms with Crippen LogP contribution >= 0.6 is 11.3 Å². The zero-order chi connectivity index (χ0) is 19.7. The molecule has 1 aromatic carbocycles. The van der Waals surface area contributed by atoms with Crippen LogP contribution < -0.4 is 5.32 Å². The van der Waals surface area contributed by atoms with E-state index in [1.807, 2.05) is 17.5 Å². The second-order valence-corrected chi connectivity index (χ2v) is 8.52. The van der Waals surface area contributed by atoms with Crippen LogP contribution in [-0.4, -0.2) is 22.0 Å². The molecule has 0 saturated heterocycles. The fourth-order valence-corrected chi connectivity index (χ4v) is 5.11. The van der Waals surface area contributed by atoms with Gasteiger partial charge in [0, 0.05) is 10.9 Å². The number of allylic oxidation sites excluding steroid dienone is 2. The van der Waals surface area contributed by atoms with E-state index in [1.54, 1.807) is 0 Å². The van der Waals surface area contributed by atoms with Gasteiger partial charge < -0.3 is 10.4 Å². The zero-order valence-electron chi connectivity index (χ0n) is 15.8. The van der Waals surface area contributed by atoms with Crippen molar-refractivity contribution in [2.24, 2.45) is 23.7 Å². The van der Waals surface area contributed by atoms with Gasteiger partial charge in [-0.1, -0.05) is 49.8 Å². The third kappa shape index (κ3) is 3.61. The maximum Gasteiger partial charge on any atom is 0.307 e. The topological polar surface area (TPSA) is 79.3 Å². The number of carboxylic acids is 1. The van der Waals surface area contributed by atoms with Gasteiger partial charge in [0.05, 0.1) is 17.5 Å². The monoisotopic (exact) mass is 396 g/mol. The van der Waals surface area contributed by atoms with Gasteiger partial charge in [0.25, 0.3) is 0 Å². The molecule has 4 atom stereocenters. The molecule has 5 nitrogen and oxygen atoms in total. The normalized spacial score (nSPS) is 25.2. The minimum atomic E-state index is -0.889. The van der Waals surface area contributed by atoms with E-state index in [0.29, 0.717) is 5.13 Å². The molecule has 4 unspecified atom stereocenters. The number of carbonyl (C=O) groups excluding carboxylic acids is 1. The van der Waals surface area contributed by atoms with E-state index in [2.05, 4.69) is 41.5 Å². The summed E-state index contributed by atoms with van der Waals surface area (Å²) < 4.78 is 0. The molecule has 2 aromatic rings. The largest absolute Gasteiger partial charge is 0.481 e. The lowest BCUT2D eigenvalue weighted by Crippen LogP contribution is -2.36. The lowest BCUT2D eigenvalue weighted by atomic mass is 9.82. The first-order chi connectivity index (χ1) is 13.6. The Kier molecular flexibility index (Phi) is 5.31. The van der Waals surface area contributed by atoms with Crippen LogP contribution in [-0.2, 0) is 16.0 Å². The Hall–Kier alpha value is -2.47. The van der Waals surface area contributed by atoms with Gasteiger partial charge in [0.15, 0.2) is 5.13 Å². The summed E-state index contributed by atoms with van der Waals surface area (Å²) >= 11 is 1.37. The number of aromatic nitrogens is 1. The number of amides is 1. The summed E-state index contributed by atoms with van der Waals surface area (Å²) in [6.45, 7) is 2.19. The SMILES string of the molecule is CCCCc1ccc(-c2csc(NC(=O)C3C4C=CC(C4)C3C(=O)O)n2)cc1. The molecule has 0 spiro atoms. The minimum absolute atomic E-state index is 0.0150. The second-order valence-electron chi connectivity index (χ2n) is 7.67. The van der Waals surface area contributed by atoms with E-state index in [4.69, 9.17) is 0 Å². The van der Waals surface area contributed by atoms with Gasteiger partial charge >= 0.3 is 5.97 Å². The maximum atomic E-state index is 12.8. The molecule has 2 aliphatic rings. The summed E-state index contributed by atoms with van der Waals surface area (Å²) in [6, 6.07) is 8.38. The lowest BCUT2D eigenvalue weighted by Gasteiger charge is -2.23. The molecule has 1 fully saturated rings. The van der Waals surface area contributed by atoms with E-state index in [9.17, 15) is 14.7 Å². The van der Waals surface area contributed by atoms with E-state index in [0.717, 1.165) is 24.1 Å². The van der Waals surface area contributed by atoms with Crippen molar-refractivity contribution in [2.75, 3.05) is 5.32 Å². The van der Waals surface area contributed by atoms with Crippen molar-refractivity contribution < 1.29 is 14.7 Å². The van der Waals surface area contributed by atoms with E-state index < -0.39 is 17.8 Å². The molecule has 1 saturated carbocycles. The number of unbranched alkanes of at least 4 members (excludes halogenated alkanes) is 1. The molecular weight excluding hydrogens is 372 g/mol. The van der Waals surface area contributed by atoms with Crippen molar-refractivity contribution in [3.8, 4) is 11.3 Å². The van der Waals surface area contributed by atoms with Crippen LogP contribution in [0, 0.1) is 23.7 Å². The maximum absolute atomic E-state index is 12.8. The average molecular weight is 397 g/mol. The molecule has 4 rings (SSSR count). The molecule has 6 heteroatoms. The number of aryl methyl sites for hydroxylation is 1. The quantitative estimate of drug-likeness (QED) is 0.670. The summed E-state index contributed by atoms with van der Waals surface area (Å²) in [5.41, 5.74) is 3.16. The first-order valence-electron chi connectivity index (χ1n) is 9.83. The van der Waals surface area contributed by atoms with Crippen LogP contribution in [0.4, 0.5) is 5.13 Å². The van der Waals surface area contributed by atoms with Gasteiger partial charge in [-0.3, -0.25) is 9.59 Å². The first-order valence-corrected chi connectivity index (χ1v) is 10.7. The average Bonchev–Trinajstić information content (AvgIpc) is 3.42. The predicted molar refractivity (Wildman–Crippen MR) is 110 cm³/mol. The smallest absolute Gasteiger partial charge is 0.307 e. The minimum Gasteiger partial charge on any atom is -0.481 e. The summed E-state index contributed by atoms with van der Waals surface area (Å²) in [7, 11) is 0. The van der Waals surface area contributed by atoms with Gasteiger partial charge in [-0.05, 0) is 36.7 Å². The Bertz CT molecular complexity index is 903. The summed E-state index contributed by atoms with van der Waals surface area (Å²) in [5, 5.41) is 14.8. The third-order valence-electron chi connectivity index (χ3n) is 5.85. The Morgan fingerprint density at radius 2 is 1.89 bits per heavy atom.